The molecular formula is C12H21N3O. The quantitative estimate of drug-likeness (QED) is 0.805. The number of nitrogens with zero attached hydrogens (tertiary/aromatic N) is 2. The van der Waals surface area contributed by atoms with Gasteiger partial charge >= 0.3 is 0 Å². The summed E-state index contributed by atoms with van der Waals surface area (Å²) < 4.78 is 5.59. The number of ether oxygens (including phenoxy) is 1. The van der Waals surface area contributed by atoms with Crippen LogP contribution >= 0.6 is 0 Å². The van der Waals surface area contributed by atoms with Crippen LogP contribution in [0.3, 0.4) is 0 Å². The summed E-state index contributed by atoms with van der Waals surface area (Å²) in [6, 6.07) is 1.84. The van der Waals surface area contributed by atoms with E-state index < -0.39 is 0 Å². The minimum Gasteiger partial charge on any atom is -0.478 e. The van der Waals surface area contributed by atoms with Crippen LogP contribution in [0.15, 0.2) is 6.07 Å². The molecule has 0 radical (unpaired) electrons. The lowest BCUT2D eigenvalue weighted by Crippen LogP contribution is -2.06. The molecule has 1 N–H and O–H groups in total. The first-order valence-electron chi connectivity index (χ1n) is 5.84. The second-order valence-corrected chi connectivity index (χ2v) is 4.20. The summed E-state index contributed by atoms with van der Waals surface area (Å²) in [4.78, 5) is 8.50. The van der Waals surface area contributed by atoms with E-state index in [0.717, 1.165) is 24.6 Å². The van der Waals surface area contributed by atoms with Crippen molar-refractivity contribution in [2.24, 2.45) is 5.92 Å². The van der Waals surface area contributed by atoms with Gasteiger partial charge < -0.3 is 10.1 Å². The average Bonchev–Trinajstić information content (AvgIpc) is 2.16. The second-order valence-electron chi connectivity index (χ2n) is 4.20. The molecule has 0 aliphatic heterocycles. The summed E-state index contributed by atoms with van der Waals surface area (Å²) in [5.74, 6) is 2.87. The minimum atomic E-state index is 0.649. The van der Waals surface area contributed by atoms with Crippen molar-refractivity contribution in [2.45, 2.75) is 34.1 Å². The minimum absolute atomic E-state index is 0.649. The van der Waals surface area contributed by atoms with Crippen LogP contribution in [0.2, 0.25) is 0 Å². The zero-order valence-corrected chi connectivity index (χ0v) is 10.6. The van der Waals surface area contributed by atoms with Gasteiger partial charge in [-0.1, -0.05) is 13.8 Å². The Kier molecular flexibility index (Phi) is 5.02. The van der Waals surface area contributed by atoms with Gasteiger partial charge in [-0.2, -0.15) is 4.98 Å². The van der Waals surface area contributed by atoms with Crippen molar-refractivity contribution in [1.29, 1.82) is 0 Å². The third-order valence-corrected chi connectivity index (χ3v) is 2.12. The molecule has 0 aliphatic rings. The molecule has 90 valence electrons. The van der Waals surface area contributed by atoms with Crippen LogP contribution in [-0.2, 0) is 0 Å². The Hall–Kier alpha value is -1.32. The van der Waals surface area contributed by atoms with Gasteiger partial charge in [-0.25, -0.2) is 4.98 Å². The van der Waals surface area contributed by atoms with E-state index in [1.807, 2.05) is 19.9 Å². The van der Waals surface area contributed by atoms with Gasteiger partial charge in [-0.3, -0.25) is 0 Å². The van der Waals surface area contributed by atoms with E-state index in [4.69, 9.17) is 4.74 Å². The maximum Gasteiger partial charge on any atom is 0.218 e. The monoisotopic (exact) mass is 223 g/mol. The first kappa shape index (κ1) is 12.7. The number of hydrogen-bond acceptors (Lipinski definition) is 4. The van der Waals surface area contributed by atoms with E-state index in [2.05, 4.69) is 29.1 Å². The van der Waals surface area contributed by atoms with Gasteiger partial charge in [0.1, 0.15) is 11.6 Å². The van der Waals surface area contributed by atoms with Crippen LogP contribution in [0, 0.1) is 12.8 Å². The molecule has 1 heterocycles. The van der Waals surface area contributed by atoms with E-state index in [1.54, 1.807) is 0 Å². The zero-order chi connectivity index (χ0) is 12.0. The molecule has 4 nitrogen and oxygen atoms in total. The van der Waals surface area contributed by atoms with Crippen LogP contribution in [0.25, 0.3) is 0 Å². The Balaban J connectivity index is 2.58. The molecule has 0 saturated carbocycles. The number of hydrogen-bond donors (Lipinski definition) is 1. The predicted molar refractivity (Wildman–Crippen MR) is 65.9 cm³/mol. The highest BCUT2D eigenvalue weighted by molar-refractivity contribution is 5.38. The molecule has 1 rings (SSSR count). The van der Waals surface area contributed by atoms with Gasteiger partial charge in [-0.15, -0.1) is 0 Å². The first-order chi connectivity index (χ1) is 7.61. The molecule has 0 spiro atoms. The molecule has 0 unspecified atom stereocenters. The highest BCUT2D eigenvalue weighted by Gasteiger charge is 2.02. The molecule has 0 aliphatic carbocycles. The standard InChI is InChI=1S/C12H21N3O/c1-5-13-11-8-12(15-10(4)14-11)16-7-6-9(2)3/h8-9H,5-7H2,1-4H3,(H,13,14,15). The third-order valence-electron chi connectivity index (χ3n) is 2.12. The van der Waals surface area contributed by atoms with Crippen molar-refractivity contribution < 1.29 is 4.74 Å². The molecule has 1 aromatic heterocycles. The van der Waals surface area contributed by atoms with Crippen molar-refractivity contribution in [1.82, 2.24) is 9.97 Å². The molecule has 4 heteroatoms. The maximum atomic E-state index is 5.59. The van der Waals surface area contributed by atoms with Crippen molar-refractivity contribution in [3.05, 3.63) is 11.9 Å². The van der Waals surface area contributed by atoms with Gasteiger partial charge in [0.05, 0.1) is 6.61 Å². The molecule has 0 bridgehead atoms. The number of rotatable bonds is 6. The van der Waals surface area contributed by atoms with Crippen LogP contribution in [0.4, 0.5) is 5.82 Å². The molecule has 1 aromatic rings. The van der Waals surface area contributed by atoms with E-state index in [0.29, 0.717) is 18.4 Å². The van der Waals surface area contributed by atoms with Gasteiger partial charge in [0, 0.05) is 12.6 Å². The lowest BCUT2D eigenvalue weighted by Gasteiger charge is -2.09. The van der Waals surface area contributed by atoms with Crippen LogP contribution < -0.4 is 10.1 Å². The lowest BCUT2D eigenvalue weighted by atomic mass is 10.1. The van der Waals surface area contributed by atoms with Crippen LogP contribution in [0.5, 0.6) is 5.88 Å². The van der Waals surface area contributed by atoms with Gasteiger partial charge in [0.15, 0.2) is 0 Å². The first-order valence-corrected chi connectivity index (χ1v) is 5.84. The van der Waals surface area contributed by atoms with Gasteiger partial charge in [0.25, 0.3) is 0 Å². The smallest absolute Gasteiger partial charge is 0.218 e. The zero-order valence-electron chi connectivity index (χ0n) is 10.6. The van der Waals surface area contributed by atoms with E-state index >= 15 is 0 Å². The fourth-order valence-corrected chi connectivity index (χ4v) is 1.29. The highest BCUT2D eigenvalue weighted by Crippen LogP contribution is 2.13. The Labute approximate surface area is 97.5 Å². The van der Waals surface area contributed by atoms with Crippen molar-refractivity contribution in [3.63, 3.8) is 0 Å². The fraction of sp³-hybridized carbons (Fsp3) is 0.667. The predicted octanol–water partition coefficient (Wildman–Crippen LogP) is 2.64. The van der Waals surface area contributed by atoms with Gasteiger partial charge in [0.2, 0.25) is 5.88 Å². The van der Waals surface area contributed by atoms with Crippen LogP contribution in [-0.4, -0.2) is 23.1 Å². The highest BCUT2D eigenvalue weighted by atomic mass is 16.5. The third kappa shape index (κ3) is 4.47. The maximum absolute atomic E-state index is 5.59. The molecule has 0 saturated heterocycles. The summed E-state index contributed by atoms with van der Waals surface area (Å²) in [6.07, 6.45) is 1.04. The Morgan fingerprint density at radius 2 is 2.12 bits per heavy atom. The largest absolute Gasteiger partial charge is 0.478 e. The lowest BCUT2D eigenvalue weighted by molar-refractivity contribution is 0.278. The summed E-state index contributed by atoms with van der Waals surface area (Å²) in [6.45, 7) is 9.83. The number of aromatic nitrogens is 2. The summed E-state index contributed by atoms with van der Waals surface area (Å²) in [5.41, 5.74) is 0. The SMILES string of the molecule is CCNc1cc(OCCC(C)C)nc(C)n1. The van der Waals surface area contributed by atoms with Gasteiger partial charge in [-0.05, 0) is 26.2 Å². The topological polar surface area (TPSA) is 47.0 Å². The van der Waals surface area contributed by atoms with Crippen molar-refractivity contribution >= 4 is 5.82 Å². The van der Waals surface area contributed by atoms with Crippen molar-refractivity contribution in [3.8, 4) is 5.88 Å². The number of anilines is 1. The number of aryl methyl sites for hydroxylation is 1. The molecule has 0 fully saturated rings. The molecule has 0 aromatic carbocycles. The normalized spacial score (nSPS) is 10.6. The van der Waals surface area contributed by atoms with Crippen molar-refractivity contribution in [2.75, 3.05) is 18.5 Å². The average molecular weight is 223 g/mol. The van der Waals surface area contributed by atoms with E-state index in [9.17, 15) is 0 Å². The molecule has 0 amide bonds. The summed E-state index contributed by atoms with van der Waals surface area (Å²) in [7, 11) is 0. The molecule has 16 heavy (non-hydrogen) atoms. The Morgan fingerprint density at radius 3 is 2.75 bits per heavy atom. The summed E-state index contributed by atoms with van der Waals surface area (Å²) in [5, 5.41) is 3.16. The van der Waals surface area contributed by atoms with E-state index in [1.165, 1.54) is 0 Å². The number of nitrogens with one attached hydrogen (secondary N) is 1. The Morgan fingerprint density at radius 1 is 1.38 bits per heavy atom. The second kappa shape index (κ2) is 6.30. The summed E-state index contributed by atoms with van der Waals surface area (Å²) >= 11 is 0. The Bertz CT molecular complexity index is 326. The molecular weight excluding hydrogens is 202 g/mol. The molecule has 0 atom stereocenters. The fourth-order valence-electron chi connectivity index (χ4n) is 1.29. The van der Waals surface area contributed by atoms with E-state index in [-0.39, 0.29) is 0 Å². The van der Waals surface area contributed by atoms with Crippen LogP contribution in [0.1, 0.15) is 33.0 Å².